The van der Waals surface area contributed by atoms with Gasteiger partial charge in [-0.3, -0.25) is 0 Å². The maximum atomic E-state index is 10.1. The van der Waals surface area contributed by atoms with Crippen molar-refractivity contribution in [3.8, 4) is 5.75 Å². The molecule has 0 aromatic heterocycles. The molecule has 1 spiro atoms. The van der Waals surface area contributed by atoms with Crippen molar-refractivity contribution in [1.29, 1.82) is 0 Å². The van der Waals surface area contributed by atoms with E-state index in [1.165, 1.54) is 32.1 Å². The Labute approximate surface area is 127 Å². The van der Waals surface area contributed by atoms with Crippen LogP contribution in [0.15, 0.2) is 24.3 Å². The van der Waals surface area contributed by atoms with E-state index in [0.29, 0.717) is 13.0 Å². The molecule has 1 saturated carbocycles. The van der Waals surface area contributed by atoms with Crippen LogP contribution in [-0.4, -0.2) is 23.4 Å². The number of rotatable bonds is 5. The van der Waals surface area contributed by atoms with Crippen LogP contribution in [-0.2, 0) is 4.74 Å². The van der Waals surface area contributed by atoms with Crippen molar-refractivity contribution in [2.45, 2.75) is 69.7 Å². The average molecular weight is 290 g/mol. The van der Waals surface area contributed by atoms with Crippen molar-refractivity contribution in [3.05, 3.63) is 29.8 Å². The molecule has 1 aliphatic heterocycles. The summed E-state index contributed by atoms with van der Waals surface area (Å²) in [6, 6.07) is 7.78. The predicted octanol–water partition coefficient (Wildman–Crippen LogP) is 4.00. The molecule has 1 N–H and O–H groups in total. The summed E-state index contributed by atoms with van der Waals surface area (Å²) in [6.45, 7) is 2.57. The first-order valence-corrected chi connectivity index (χ1v) is 8.30. The highest BCUT2D eigenvalue weighted by Gasteiger charge is 2.42. The first-order valence-electron chi connectivity index (χ1n) is 8.30. The zero-order chi connectivity index (χ0) is 14.7. The lowest BCUT2D eigenvalue weighted by atomic mass is 9.98. The number of aliphatic hydroxyl groups excluding tert-OH is 1. The van der Waals surface area contributed by atoms with Crippen LogP contribution in [0.2, 0.25) is 0 Å². The number of benzene rings is 1. The van der Waals surface area contributed by atoms with Gasteiger partial charge in [-0.25, -0.2) is 0 Å². The highest BCUT2D eigenvalue weighted by molar-refractivity contribution is 5.35. The Morgan fingerprint density at radius 1 is 1.29 bits per heavy atom. The van der Waals surface area contributed by atoms with E-state index in [4.69, 9.17) is 9.47 Å². The van der Waals surface area contributed by atoms with Gasteiger partial charge < -0.3 is 14.6 Å². The van der Waals surface area contributed by atoms with Crippen LogP contribution < -0.4 is 4.74 Å². The van der Waals surface area contributed by atoms with Gasteiger partial charge in [-0.2, -0.15) is 0 Å². The van der Waals surface area contributed by atoms with Crippen LogP contribution in [0.1, 0.15) is 63.5 Å². The Morgan fingerprint density at radius 2 is 2.05 bits per heavy atom. The minimum atomic E-state index is -0.452. The number of ether oxygens (including phenoxy) is 2. The van der Waals surface area contributed by atoms with Gasteiger partial charge in [-0.1, -0.05) is 38.0 Å². The van der Waals surface area contributed by atoms with Gasteiger partial charge in [0.1, 0.15) is 12.4 Å². The summed E-state index contributed by atoms with van der Waals surface area (Å²) in [6.07, 6.45) is 7.77. The summed E-state index contributed by atoms with van der Waals surface area (Å²) in [5.41, 5.74) is 1.05. The lowest BCUT2D eigenvalue weighted by molar-refractivity contribution is -0.0511. The van der Waals surface area contributed by atoms with Crippen LogP contribution in [0.5, 0.6) is 5.75 Å². The maximum Gasteiger partial charge on any atom is 0.125 e. The van der Waals surface area contributed by atoms with E-state index >= 15 is 0 Å². The number of hydrogen-bond donors (Lipinski definition) is 1. The first-order chi connectivity index (χ1) is 10.2. The summed E-state index contributed by atoms with van der Waals surface area (Å²) in [7, 11) is 0. The third kappa shape index (κ3) is 3.24. The van der Waals surface area contributed by atoms with Gasteiger partial charge in [-0.05, 0) is 38.2 Å². The van der Waals surface area contributed by atoms with Crippen molar-refractivity contribution in [3.63, 3.8) is 0 Å². The van der Waals surface area contributed by atoms with Crippen LogP contribution in [0.4, 0.5) is 0 Å². The van der Waals surface area contributed by atoms with Crippen LogP contribution >= 0.6 is 0 Å². The van der Waals surface area contributed by atoms with Gasteiger partial charge in [0.05, 0.1) is 17.8 Å². The van der Waals surface area contributed by atoms with Crippen molar-refractivity contribution in [2.24, 2.45) is 0 Å². The minimum Gasteiger partial charge on any atom is -0.490 e. The topological polar surface area (TPSA) is 38.7 Å². The molecule has 2 atom stereocenters. The summed E-state index contributed by atoms with van der Waals surface area (Å²) < 4.78 is 12.2. The second-order valence-corrected chi connectivity index (χ2v) is 6.44. The standard InChI is InChI=1S/C18H26O3/c1-2-16(19)15-7-3-4-8-17(15)20-13-14-9-12-18(21-14)10-5-6-11-18/h3-4,7-8,14,16,19H,2,5-6,9-13H2,1H3/t14?,16-/m1/s1. The molecule has 21 heavy (non-hydrogen) atoms. The molecule has 3 heteroatoms. The summed E-state index contributed by atoms with van der Waals surface area (Å²) in [5.74, 6) is 0.794. The SMILES string of the molecule is CC[C@@H](O)c1ccccc1OCC1CCC2(CCCC2)O1. The zero-order valence-corrected chi connectivity index (χ0v) is 12.9. The number of hydrogen-bond acceptors (Lipinski definition) is 3. The van der Waals surface area contributed by atoms with E-state index in [0.717, 1.165) is 17.7 Å². The lowest BCUT2D eigenvalue weighted by Gasteiger charge is -2.24. The summed E-state index contributed by atoms with van der Waals surface area (Å²) in [5, 5.41) is 10.1. The monoisotopic (exact) mass is 290 g/mol. The van der Waals surface area contributed by atoms with Crippen molar-refractivity contribution in [1.82, 2.24) is 0 Å². The highest BCUT2D eigenvalue weighted by Crippen LogP contribution is 2.43. The highest BCUT2D eigenvalue weighted by atomic mass is 16.6. The molecule has 1 heterocycles. The summed E-state index contributed by atoms with van der Waals surface area (Å²) >= 11 is 0. The molecule has 2 fully saturated rings. The second kappa shape index (κ2) is 6.37. The maximum absolute atomic E-state index is 10.1. The van der Waals surface area contributed by atoms with E-state index in [-0.39, 0.29) is 11.7 Å². The molecule has 2 aliphatic rings. The smallest absolute Gasteiger partial charge is 0.125 e. The van der Waals surface area contributed by atoms with E-state index in [2.05, 4.69) is 0 Å². The molecule has 0 amide bonds. The van der Waals surface area contributed by atoms with Crippen LogP contribution in [0.3, 0.4) is 0 Å². The van der Waals surface area contributed by atoms with Crippen LogP contribution in [0.25, 0.3) is 0 Å². The third-order valence-electron chi connectivity index (χ3n) is 4.94. The fourth-order valence-corrected chi connectivity index (χ4v) is 3.69. The van der Waals surface area contributed by atoms with E-state index < -0.39 is 6.10 Å². The number of para-hydroxylation sites is 1. The van der Waals surface area contributed by atoms with Gasteiger partial charge in [0.25, 0.3) is 0 Å². The Balaban J connectivity index is 1.58. The quantitative estimate of drug-likeness (QED) is 0.890. The molecular formula is C18H26O3. The van der Waals surface area contributed by atoms with Gasteiger partial charge in [0, 0.05) is 5.56 Å². The van der Waals surface area contributed by atoms with Crippen molar-refractivity contribution >= 4 is 0 Å². The average Bonchev–Trinajstić information content (AvgIpc) is 3.15. The molecule has 3 rings (SSSR count). The molecule has 1 aromatic carbocycles. The van der Waals surface area contributed by atoms with E-state index in [9.17, 15) is 5.11 Å². The Kier molecular flexibility index (Phi) is 4.51. The van der Waals surface area contributed by atoms with Crippen molar-refractivity contribution in [2.75, 3.05) is 6.61 Å². The second-order valence-electron chi connectivity index (χ2n) is 6.44. The predicted molar refractivity (Wildman–Crippen MR) is 82.5 cm³/mol. The summed E-state index contributed by atoms with van der Waals surface area (Å²) in [4.78, 5) is 0. The van der Waals surface area contributed by atoms with Gasteiger partial charge in [0.15, 0.2) is 0 Å². The fraction of sp³-hybridized carbons (Fsp3) is 0.667. The number of aliphatic hydroxyl groups is 1. The molecule has 0 bridgehead atoms. The fourth-order valence-electron chi connectivity index (χ4n) is 3.69. The minimum absolute atomic E-state index is 0.163. The third-order valence-corrected chi connectivity index (χ3v) is 4.94. The molecule has 1 aliphatic carbocycles. The largest absolute Gasteiger partial charge is 0.490 e. The van der Waals surface area contributed by atoms with Gasteiger partial charge in [-0.15, -0.1) is 0 Å². The van der Waals surface area contributed by atoms with Crippen LogP contribution in [0, 0.1) is 0 Å². The molecule has 1 aromatic rings. The van der Waals surface area contributed by atoms with E-state index in [1.54, 1.807) is 0 Å². The zero-order valence-electron chi connectivity index (χ0n) is 12.9. The normalized spacial score (nSPS) is 25.3. The molecule has 0 radical (unpaired) electrons. The van der Waals surface area contributed by atoms with Gasteiger partial charge in [0.2, 0.25) is 0 Å². The lowest BCUT2D eigenvalue weighted by Crippen LogP contribution is -2.27. The molecule has 3 nitrogen and oxygen atoms in total. The Bertz CT molecular complexity index is 465. The van der Waals surface area contributed by atoms with E-state index in [1.807, 2.05) is 31.2 Å². The molecular weight excluding hydrogens is 264 g/mol. The molecule has 116 valence electrons. The van der Waals surface area contributed by atoms with Gasteiger partial charge >= 0.3 is 0 Å². The Morgan fingerprint density at radius 3 is 2.81 bits per heavy atom. The molecule has 1 saturated heterocycles. The first kappa shape index (κ1) is 14.9. The van der Waals surface area contributed by atoms with Crippen molar-refractivity contribution < 1.29 is 14.6 Å². The Hall–Kier alpha value is -1.06. The molecule has 1 unspecified atom stereocenters.